The molecular formula is C35H32N2O2S. The van der Waals surface area contributed by atoms with Crippen LogP contribution in [0.3, 0.4) is 0 Å². The van der Waals surface area contributed by atoms with Gasteiger partial charge in [-0.1, -0.05) is 139 Å². The van der Waals surface area contributed by atoms with Crippen molar-refractivity contribution in [3.63, 3.8) is 0 Å². The molecule has 0 radical (unpaired) electrons. The van der Waals surface area contributed by atoms with Crippen LogP contribution in [-0.2, 0) is 10.0 Å². The number of nitrogens with one attached hydrogen (secondary N) is 1. The van der Waals surface area contributed by atoms with Gasteiger partial charge in [-0.3, -0.25) is 4.99 Å². The van der Waals surface area contributed by atoms with Gasteiger partial charge in [-0.2, -0.15) is 0 Å². The van der Waals surface area contributed by atoms with E-state index in [0.717, 1.165) is 33.5 Å². The second kappa shape index (κ2) is 12.7. The zero-order valence-corrected chi connectivity index (χ0v) is 23.2. The maximum absolute atomic E-state index is 13.4. The number of benzene rings is 5. The quantitative estimate of drug-likeness (QED) is 0.187. The summed E-state index contributed by atoms with van der Waals surface area (Å²) < 4.78 is 29.6. The highest BCUT2D eigenvalue weighted by molar-refractivity contribution is 7.89. The Balaban J connectivity index is 1.63. The van der Waals surface area contributed by atoms with Crippen LogP contribution in [0.2, 0.25) is 0 Å². The van der Waals surface area contributed by atoms with E-state index in [9.17, 15) is 8.42 Å². The molecule has 5 heteroatoms. The van der Waals surface area contributed by atoms with Crippen molar-refractivity contribution in [3.8, 4) is 0 Å². The highest BCUT2D eigenvalue weighted by Crippen LogP contribution is 2.35. The van der Waals surface area contributed by atoms with E-state index in [1.165, 1.54) is 0 Å². The van der Waals surface area contributed by atoms with Gasteiger partial charge in [0.15, 0.2) is 0 Å². The lowest BCUT2D eigenvalue weighted by molar-refractivity contribution is 0.529. The number of rotatable bonds is 10. The standard InChI is InChI=1S/C35H32N2O2S/c1-27-22-24-32(25-23-27)40(38,39)36-26-33(28-14-6-2-7-15-28)35(31-20-12-5-13-21-31)37-34(29-16-8-3-9-17-29)30-18-10-4-11-19-30/h2-25,33,35-36H,26H2,1H3/t33-,35-/m0/s1. The van der Waals surface area contributed by atoms with E-state index in [1.807, 2.05) is 104 Å². The van der Waals surface area contributed by atoms with Crippen LogP contribution < -0.4 is 4.72 Å². The molecular weight excluding hydrogens is 512 g/mol. The third-order valence-corrected chi connectivity index (χ3v) is 8.38. The maximum Gasteiger partial charge on any atom is 0.240 e. The molecule has 5 aromatic rings. The summed E-state index contributed by atoms with van der Waals surface area (Å²) in [6, 6.07) is 47.0. The van der Waals surface area contributed by atoms with Crippen LogP contribution in [0.15, 0.2) is 155 Å². The molecule has 0 saturated heterocycles. The van der Waals surface area contributed by atoms with Crippen molar-refractivity contribution in [1.29, 1.82) is 0 Å². The van der Waals surface area contributed by atoms with Crippen LogP contribution in [0.4, 0.5) is 0 Å². The van der Waals surface area contributed by atoms with Crippen LogP contribution in [0.25, 0.3) is 0 Å². The molecule has 0 saturated carbocycles. The SMILES string of the molecule is Cc1ccc(S(=O)(=O)NC[C@@H](c2ccccc2)[C@@H](N=C(c2ccccc2)c2ccccc2)c2ccccc2)cc1. The summed E-state index contributed by atoms with van der Waals surface area (Å²) in [5.74, 6) is -0.272. The molecule has 4 nitrogen and oxygen atoms in total. The molecule has 5 rings (SSSR count). The Hall–Kier alpha value is -4.32. The van der Waals surface area contributed by atoms with Crippen molar-refractivity contribution in [1.82, 2.24) is 4.72 Å². The number of sulfonamides is 1. The van der Waals surface area contributed by atoms with Gasteiger partial charge in [-0.15, -0.1) is 0 Å². The van der Waals surface area contributed by atoms with E-state index in [4.69, 9.17) is 4.99 Å². The van der Waals surface area contributed by atoms with Gasteiger partial charge in [-0.05, 0) is 30.2 Å². The Morgan fingerprint density at radius 3 is 1.57 bits per heavy atom. The fourth-order valence-corrected chi connectivity index (χ4v) is 5.87. The van der Waals surface area contributed by atoms with Gasteiger partial charge in [0.25, 0.3) is 0 Å². The summed E-state index contributed by atoms with van der Waals surface area (Å²) in [4.78, 5) is 5.68. The van der Waals surface area contributed by atoms with Crippen LogP contribution in [0.1, 0.15) is 39.8 Å². The molecule has 0 spiro atoms. The number of hydrogen-bond donors (Lipinski definition) is 1. The minimum absolute atomic E-state index is 0.181. The molecule has 2 atom stereocenters. The minimum atomic E-state index is -3.73. The molecule has 0 unspecified atom stereocenters. The Kier molecular flexibility index (Phi) is 8.65. The summed E-state index contributed by atoms with van der Waals surface area (Å²) in [7, 11) is -3.73. The van der Waals surface area contributed by atoms with Gasteiger partial charge in [-0.25, -0.2) is 13.1 Å². The predicted octanol–water partition coefficient (Wildman–Crippen LogP) is 7.34. The second-order valence-corrected chi connectivity index (χ2v) is 11.5. The molecule has 0 heterocycles. The van der Waals surface area contributed by atoms with E-state index in [0.29, 0.717) is 0 Å². The highest BCUT2D eigenvalue weighted by atomic mass is 32.2. The molecule has 0 aromatic heterocycles. The molecule has 5 aromatic carbocycles. The molecule has 0 bridgehead atoms. The maximum atomic E-state index is 13.4. The van der Waals surface area contributed by atoms with Crippen LogP contribution in [0.5, 0.6) is 0 Å². The van der Waals surface area contributed by atoms with Crippen LogP contribution in [0, 0.1) is 6.92 Å². The summed E-state index contributed by atoms with van der Waals surface area (Å²) in [5.41, 5.74) is 5.89. The van der Waals surface area contributed by atoms with Crippen molar-refractivity contribution >= 4 is 15.7 Å². The molecule has 0 aliphatic carbocycles. The fourth-order valence-electron chi connectivity index (χ4n) is 4.81. The van der Waals surface area contributed by atoms with E-state index in [1.54, 1.807) is 12.1 Å². The van der Waals surface area contributed by atoms with Crippen LogP contribution >= 0.6 is 0 Å². The summed E-state index contributed by atoms with van der Waals surface area (Å²) in [6.45, 7) is 2.12. The van der Waals surface area contributed by atoms with Crippen molar-refractivity contribution in [2.24, 2.45) is 4.99 Å². The third kappa shape index (κ3) is 6.63. The monoisotopic (exact) mass is 544 g/mol. The first kappa shape index (κ1) is 27.3. The lowest BCUT2D eigenvalue weighted by atomic mass is 9.87. The largest absolute Gasteiger partial charge is 0.275 e. The topological polar surface area (TPSA) is 58.5 Å². The molecule has 0 aliphatic heterocycles. The van der Waals surface area contributed by atoms with E-state index < -0.39 is 10.0 Å². The Bertz CT molecular complexity index is 1600. The van der Waals surface area contributed by atoms with Crippen molar-refractivity contribution in [2.75, 3.05) is 6.54 Å². The molecule has 0 fully saturated rings. The second-order valence-electron chi connectivity index (χ2n) is 9.75. The summed E-state index contributed by atoms with van der Waals surface area (Å²) >= 11 is 0. The molecule has 1 N–H and O–H groups in total. The number of aryl methyl sites for hydroxylation is 1. The van der Waals surface area contributed by atoms with Crippen molar-refractivity contribution in [2.45, 2.75) is 23.8 Å². The predicted molar refractivity (Wildman–Crippen MR) is 163 cm³/mol. The Labute approximate surface area is 237 Å². The molecule has 200 valence electrons. The highest BCUT2D eigenvalue weighted by Gasteiger charge is 2.28. The number of nitrogens with zero attached hydrogens (tertiary/aromatic N) is 1. The number of aliphatic imine (C=N–C) groups is 1. The first-order valence-corrected chi connectivity index (χ1v) is 14.8. The zero-order chi connectivity index (χ0) is 27.8. The normalized spacial score (nSPS) is 12.8. The number of hydrogen-bond acceptors (Lipinski definition) is 3. The molecule has 0 amide bonds. The Morgan fingerprint density at radius 2 is 1.07 bits per heavy atom. The first-order chi connectivity index (χ1) is 19.5. The fraction of sp³-hybridized carbons (Fsp3) is 0.114. The summed E-state index contributed by atoms with van der Waals surface area (Å²) in [5, 5.41) is 0. The Morgan fingerprint density at radius 1 is 0.625 bits per heavy atom. The van der Waals surface area contributed by atoms with Crippen molar-refractivity contribution in [3.05, 3.63) is 173 Å². The third-order valence-electron chi connectivity index (χ3n) is 6.94. The molecule has 0 aliphatic rings. The first-order valence-electron chi connectivity index (χ1n) is 13.4. The van der Waals surface area contributed by atoms with E-state index in [-0.39, 0.29) is 23.4 Å². The average Bonchev–Trinajstić information content (AvgIpc) is 3.01. The van der Waals surface area contributed by atoms with Gasteiger partial charge < -0.3 is 0 Å². The van der Waals surface area contributed by atoms with Gasteiger partial charge in [0.2, 0.25) is 10.0 Å². The lowest BCUT2D eigenvalue weighted by Gasteiger charge is -2.27. The summed E-state index contributed by atoms with van der Waals surface area (Å²) in [6.07, 6.45) is 0. The van der Waals surface area contributed by atoms with Gasteiger partial charge in [0.1, 0.15) is 0 Å². The minimum Gasteiger partial charge on any atom is -0.275 e. The van der Waals surface area contributed by atoms with Gasteiger partial charge in [0.05, 0.1) is 16.6 Å². The van der Waals surface area contributed by atoms with Crippen LogP contribution in [-0.4, -0.2) is 20.7 Å². The smallest absolute Gasteiger partial charge is 0.240 e. The zero-order valence-electron chi connectivity index (χ0n) is 22.4. The lowest BCUT2D eigenvalue weighted by Crippen LogP contribution is -2.31. The van der Waals surface area contributed by atoms with Crippen molar-refractivity contribution < 1.29 is 8.42 Å². The van der Waals surface area contributed by atoms with Gasteiger partial charge in [0, 0.05) is 23.6 Å². The van der Waals surface area contributed by atoms with Gasteiger partial charge >= 0.3 is 0 Å². The molecule has 40 heavy (non-hydrogen) atoms. The van der Waals surface area contributed by atoms with E-state index >= 15 is 0 Å². The average molecular weight is 545 g/mol. The van der Waals surface area contributed by atoms with E-state index in [2.05, 4.69) is 41.1 Å².